The van der Waals surface area contributed by atoms with Gasteiger partial charge < -0.3 is 33.2 Å². The lowest BCUT2D eigenvalue weighted by molar-refractivity contribution is -0.0911. The summed E-state index contributed by atoms with van der Waals surface area (Å²) in [4.78, 5) is 15.9. The highest BCUT2D eigenvalue weighted by Gasteiger charge is 2.53. The molecule has 0 spiro atoms. The van der Waals surface area contributed by atoms with Crippen LogP contribution in [0.15, 0.2) is 71.6 Å². The Morgan fingerprint density at radius 3 is 2.60 bits per heavy atom. The number of fused-ring (bicyclic) bond motifs is 2. The van der Waals surface area contributed by atoms with Crippen molar-refractivity contribution in [1.82, 2.24) is 9.21 Å². The zero-order valence-corrected chi connectivity index (χ0v) is 31.1. The van der Waals surface area contributed by atoms with Crippen LogP contribution in [0.1, 0.15) is 50.8 Å². The summed E-state index contributed by atoms with van der Waals surface area (Å²) in [6, 6.07) is 21.0. The highest BCUT2D eigenvalue weighted by molar-refractivity contribution is 7.89. The number of hydrogen-bond donors (Lipinski definition) is 0. The largest absolute Gasteiger partial charge is 0.489 e. The van der Waals surface area contributed by atoms with Crippen LogP contribution in [-0.2, 0) is 42.0 Å². The van der Waals surface area contributed by atoms with Gasteiger partial charge in [-0.15, -0.1) is 0 Å². The average molecular weight is 748 g/mol. The summed E-state index contributed by atoms with van der Waals surface area (Å²) >= 11 is 0. The van der Waals surface area contributed by atoms with Crippen LogP contribution in [0, 0.1) is 23.2 Å². The van der Waals surface area contributed by atoms with E-state index in [2.05, 4.69) is 6.07 Å². The zero-order chi connectivity index (χ0) is 37.3. The molecule has 3 fully saturated rings. The van der Waals surface area contributed by atoms with Crippen molar-refractivity contribution in [3.63, 3.8) is 0 Å². The van der Waals surface area contributed by atoms with E-state index < -0.39 is 40.1 Å². The smallest absolute Gasteiger partial charge is 0.412 e. The molecule has 0 radical (unpaired) electrons. The van der Waals surface area contributed by atoms with Gasteiger partial charge >= 0.3 is 6.09 Å². The molecule has 0 unspecified atom stereocenters. The maximum absolute atomic E-state index is 14.3. The number of ether oxygens (including phenoxy) is 7. The second-order valence-corrected chi connectivity index (χ2v) is 16.6. The number of carbonyl (C=O) groups is 1. The van der Waals surface area contributed by atoms with Crippen molar-refractivity contribution in [2.45, 2.75) is 82.3 Å². The lowest BCUT2D eigenvalue weighted by atomic mass is 9.99. The van der Waals surface area contributed by atoms with Gasteiger partial charge in [0.1, 0.15) is 24.2 Å². The number of carbonyl (C=O) groups excluding carboxylic acids is 1. The fourth-order valence-electron chi connectivity index (χ4n) is 7.47. The van der Waals surface area contributed by atoms with Crippen molar-refractivity contribution in [2.24, 2.45) is 11.8 Å². The molecular weight excluding hydrogens is 703 g/mol. The van der Waals surface area contributed by atoms with E-state index in [9.17, 15) is 18.5 Å². The summed E-state index contributed by atoms with van der Waals surface area (Å²) in [7, 11) is -4.03. The number of benzene rings is 3. The third-order valence-corrected chi connectivity index (χ3v) is 11.8. The van der Waals surface area contributed by atoms with Crippen LogP contribution in [0.25, 0.3) is 0 Å². The monoisotopic (exact) mass is 747 g/mol. The summed E-state index contributed by atoms with van der Waals surface area (Å²) in [5.74, 6) is 1.44. The normalized spacial score (nSPS) is 24.4. The molecule has 0 saturated carbocycles. The number of amides is 1. The van der Waals surface area contributed by atoms with E-state index in [0.717, 1.165) is 17.5 Å². The first-order chi connectivity index (χ1) is 25.4. The van der Waals surface area contributed by atoms with Crippen molar-refractivity contribution in [3.05, 3.63) is 83.4 Å². The molecule has 3 aromatic carbocycles. The first-order valence-corrected chi connectivity index (χ1v) is 19.4. The van der Waals surface area contributed by atoms with Gasteiger partial charge in [0, 0.05) is 19.2 Å². The van der Waals surface area contributed by atoms with E-state index in [1.54, 1.807) is 36.9 Å². The van der Waals surface area contributed by atoms with Crippen molar-refractivity contribution in [2.75, 3.05) is 33.1 Å². The molecule has 0 aliphatic carbocycles. The van der Waals surface area contributed by atoms with Gasteiger partial charge in [-0.1, -0.05) is 38.1 Å². The number of nitrogens with zero attached hydrogens (tertiary/aromatic N) is 3. The van der Waals surface area contributed by atoms with Crippen molar-refractivity contribution in [1.29, 1.82) is 5.26 Å². The Hall–Kier alpha value is -4.39. The van der Waals surface area contributed by atoms with Gasteiger partial charge in [-0.05, 0) is 80.1 Å². The second-order valence-electron chi connectivity index (χ2n) is 14.7. The SMILES string of the molecule is CC(C)CN(C[C@H]1OC(C)(C)N(C(=O)O[C@H]2CO[C@H]3OCC[C@H]32)[C@H]1Cc1ccc(OCc2cccc(C#N)c2)cc1)S(=O)(=O)c1ccc2c(c1)OCO2. The molecule has 0 N–H and O–H groups in total. The van der Waals surface area contributed by atoms with Gasteiger partial charge in [0.15, 0.2) is 17.8 Å². The topological polar surface area (TPSA) is 146 Å². The molecule has 4 aliphatic rings. The fourth-order valence-corrected chi connectivity index (χ4v) is 9.10. The molecule has 3 aromatic rings. The molecule has 7 rings (SSSR count). The van der Waals surface area contributed by atoms with E-state index >= 15 is 0 Å². The number of rotatable bonds is 12. The summed E-state index contributed by atoms with van der Waals surface area (Å²) in [5.41, 5.74) is 1.19. The molecule has 5 atom stereocenters. The van der Waals surface area contributed by atoms with Gasteiger partial charge in [0.2, 0.25) is 16.8 Å². The lowest BCUT2D eigenvalue weighted by Gasteiger charge is -2.34. The first-order valence-electron chi connectivity index (χ1n) is 17.9. The molecule has 13 nitrogen and oxygen atoms in total. The second kappa shape index (κ2) is 15.2. The van der Waals surface area contributed by atoms with Crippen LogP contribution >= 0.6 is 0 Å². The van der Waals surface area contributed by atoms with E-state index in [4.69, 9.17) is 33.2 Å². The van der Waals surface area contributed by atoms with Gasteiger partial charge in [-0.25, -0.2) is 13.2 Å². The zero-order valence-electron chi connectivity index (χ0n) is 30.3. The van der Waals surface area contributed by atoms with Crippen LogP contribution in [0.5, 0.6) is 17.2 Å². The standard InChI is InChI=1S/C39H45N3O10S/c1-25(2)20-41(53(44,45)30-12-13-33-34(18-30)50-24-49-33)21-35-32(17-26-8-10-29(11-9-26)47-22-28-7-5-6-27(16-28)19-40)42(39(3,4)52-35)38(43)51-36-23-48-37-31(36)14-15-46-37/h5-13,16,18,25,31-32,35-37H,14-15,17,20-24H2,1-4H3/t31-,32-,35+,36-,37+/m0/s1. The minimum absolute atomic E-state index is 0.00780. The average Bonchev–Trinajstić information content (AvgIpc) is 3.92. The molecule has 0 bridgehead atoms. The molecule has 282 valence electrons. The van der Waals surface area contributed by atoms with Crippen LogP contribution in [0.2, 0.25) is 0 Å². The third-order valence-electron chi connectivity index (χ3n) is 9.98. The third kappa shape index (κ3) is 7.95. The summed E-state index contributed by atoms with van der Waals surface area (Å²) in [5, 5.41) is 9.23. The molecule has 3 saturated heterocycles. The maximum Gasteiger partial charge on any atom is 0.412 e. The molecular formula is C39H45N3O10S. The highest BCUT2D eigenvalue weighted by Crippen LogP contribution is 2.40. The minimum atomic E-state index is -4.03. The minimum Gasteiger partial charge on any atom is -0.489 e. The Labute approximate surface area is 310 Å². The maximum atomic E-state index is 14.3. The predicted octanol–water partition coefficient (Wildman–Crippen LogP) is 5.46. The Morgan fingerprint density at radius 1 is 1.04 bits per heavy atom. The Kier molecular flexibility index (Phi) is 10.6. The van der Waals surface area contributed by atoms with E-state index in [1.165, 1.54) is 16.4 Å². The highest BCUT2D eigenvalue weighted by atomic mass is 32.2. The summed E-state index contributed by atoms with van der Waals surface area (Å²) in [6.45, 7) is 8.81. The summed E-state index contributed by atoms with van der Waals surface area (Å²) < 4.78 is 71.1. The van der Waals surface area contributed by atoms with Crippen LogP contribution in [-0.4, -0.2) is 87.1 Å². The Bertz CT molecular complexity index is 1950. The number of nitriles is 1. The molecule has 4 heterocycles. The van der Waals surface area contributed by atoms with Crippen LogP contribution < -0.4 is 14.2 Å². The predicted molar refractivity (Wildman–Crippen MR) is 190 cm³/mol. The van der Waals surface area contributed by atoms with Crippen molar-refractivity contribution in [3.8, 4) is 23.3 Å². The molecule has 53 heavy (non-hydrogen) atoms. The lowest BCUT2D eigenvalue weighted by Crippen LogP contribution is -2.51. The first kappa shape index (κ1) is 36.9. The van der Waals surface area contributed by atoms with E-state index in [1.807, 2.05) is 50.2 Å². The molecule has 14 heteroatoms. The van der Waals surface area contributed by atoms with Gasteiger partial charge in [0.05, 0.1) is 47.8 Å². The number of sulfonamides is 1. The van der Waals surface area contributed by atoms with Crippen molar-refractivity contribution >= 4 is 16.1 Å². The Morgan fingerprint density at radius 2 is 1.83 bits per heavy atom. The van der Waals surface area contributed by atoms with E-state index in [-0.39, 0.29) is 49.5 Å². The summed E-state index contributed by atoms with van der Waals surface area (Å²) in [6.07, 6.45) is -1.05. The molecule has 0 aromatic heterocycles. The van der Waals surface area contributed by atoms with Crippen molar-refractivity contribution < 1.29 is 46.4 Å². The van der Waals surface area contributed by atoms with Gasteiger partial charge in [-0.2, -0.15) is 9.57 Å². The molecule has 1 amide bonds. The van der Waals surface area contributed by atoms with Gasteiger partial charge in [0.25, 0.3) is 0 Å². The van der Waals surface area contributed by atoms with E-state index in [0.29, 0.717) is 42.4 Å². The fraction of sp³-hybridized carbons (Fsp3) is 0.487. The quantitative estimate of drug-likeness (QED) is 0.233. The van der Waals surface area contributed by atoms with Gasteiger partial charge in [-0.3, -0.25) is 4.90 Å². The van der Waals surface area contributed by atoms with Crippen LogP contribution in [0.4, 0.5) is 4.79 Å². The number of hydrogen-bond acceptors (Lipinski definition) is 11. The van der Waals surface area contributed by atoms with Crippen LogP contribution in [0.3, 0.4) is 0 Å². The molecule has 4 aliphatic heterocycles. The Balaban J connectivity index is 1.15.